The lowest BCUT2D eigenvalue weighted by Gasteiger charge is -2.27. The molecule has 0 saturated heterocycles. The number of nitrogens with zero attached hydrogens (tertiary/aromatic N) is 2. The molecule has 1 aromatic carbocycles. The molecular formula is C14H19N3. The maximum Gasteiger partial charge on any atom is 0.0682 e. The zero-order chi connectivity index (χ0) is 11.7. The van der Waals surface area contributed by atoms with Crippen LogP contribution in [-0.2, 0) is 6.54 Å². The highest BCUT2D eigenvalue weighted by Gasteiger charge is 2.33. The van der Waals surface area contributed by atoms with Gasteiger partial charge < -0.3 is 5.73 Å². The van der Waals surface area contributed by atoms with Crippen LogP contribution in [0.2, 0.25) is 0 Å². The molecule has 0 bridgehead atoms. The maximum atomic E-state index is 5.99. The van der Waals surface area contributed by atoms with Crippen LogP contribution in [-0.4, -0.2) is 16.3 Å². The fourth-order valence-corrected chi connectivity index (χ4v) is 3.02. The molecule has 0 spiro atoms. The van der Waals surface area contributed by atoms with Gasteiger partial charge in [0.15, 0.2) is 0 Å². The van der Waals surface area contributed by atoms with E-state index in [1.807, 2.05) is 6.20 Å². The van der Waals surface area contributed by atoms with Gasteiger partial charge in [-0.2, -0.15) is 5.10 Å². The van der Waals surface area contributed by atoms with Gasteiger partial charge in [-0.25, -0.2) is 0 Å². The van der Waals surface area contributed by atoms with Gasteiger partial charge in [0.25, 0.3) is 0 Å². The fraction of sp³-hybridized carbons (Fsp3) is 0.500. The van der Waals surface area contributed by atoms with Gasteiger partial charge in [0.05, 0.1) is 11.7 Å². The van der Waals surface area contributed by atoms with E-state index < -0.39 is 0 Å². The third kappa shape index (κ3) is 1.84. The first-order valence-corrected chi connectivity index (χ1v) is 6.44. The molecule has 0 aliphatic heterocycles. The van der Waals surface area contributed by atoms with Gasteiger partial charge in [0, 0.05) is 17.3 Å². The number of fused-ring (bicyclic) bond motifs is 1. The van der Waals surface area contributed by atoms with E-state index in [9.17, 15) is 0 Å². The Hall–Kier alpha value is -1.35. The second-order valence-electron chi connectivity index (χ2n) is 5.27. The number of benzene rings is 1. The molecule has 1 aromatic heterocycles. The quantitative estimate of drug-likeness (QED) is 0.879. The summed E-state index contributed by atoms with van der Waals surface area (Å²) < 4.78 is 2.13. The second-order valence-corrected chi connectivity index (χ2v) is 5.27. The summed E-state index contributed by atoms with van der Waals surface area (Å²) in [5.74, 6) is 0. The van der Waals surface area contributed by atoms with Crippen LogP contribution in [0.1, 0.15) is 25.7 Å². The average Bonchev–Trinajstić information content (AvgIpc) is 2.99. The van der Waals surface area contributed by atoms with Crippen LogP contribution in [0, 0.1) is 5.41 Å². The summed E-state index contributed by atoms with van der Waals surface area (Å²) in [7, 11) is 0. The van der Waals surface area contributed by atoms with Crippen molar-refractivity contribution in [3.05, 3.63) is 30.5 Å². The van der Waals surface area contributed by atoms with E-state index in [4.69, 9.17) is 5.73 Å². The molecule has 1 aliphatic rings. The summed E-state index contributed by atoms with van der Waals surface area (Å²) in [5, 5.41) is 5.73. The van der Waals surface area contributed by atoms with E-state index in [0.29, 0.717) is 0 Å². The van der Waals surface area contributed by atoms with Crippen molar-refractivity contribution in [2.75, 3.05) is 6.54 Å². The molecule has 90 valence electrons. The molecule has 0 amide bonds. The lowest BCUT2D eigenvalue weighted by molar-refractivity contribution is 0.251. The lowest BCUT2D eigenvalue weighted by Crippen LogP contribution is -2.32. The zero-order valence-corrected chi connectivity index (χ0v) is 10.1. The molecule has 1 heterocycles. The third-order valence-electron chi connectivity index (χ3n) is 4.13. The van der Waals surface area contributed by atoms with Gasteiger partial charge in [0.2, 0.25) is 0 Å². The Morgan fingerprint density at radius 2 is 2.00 bits per heavy atom. The highest BCUT2D eigenvalue weighted by atomic mass is 15.3. The molecule has 3 heteroatoms. The Balaban J connectivity index is 1.94. The minimum atomic E-state index is 0.286. The molecule has 2 N–H and O–H groups in total. The highest BCUT2D eigenvalue weighted by Crippen LogP contribution is 2.38. The fourth-order valence-electron chi connectivity index (χ4n) is 3.02. The molecule has 3 rings (SSSR count). The van der Waals surface area contributed by atoms with E-state index in [2.05, 4.69) is 34.0 Å². The van der Waals surface area contributed by atoms with Crippen LogP contribution in [0.5, 0.6) is 0 Å². The van der Waals surface area contributed by atoms with Gasteiger partial charge >= 0.3 is 0 Å². The van der Waals surface area contributed by atoms with Crippen molar-refractivity contribution >= 4 is 10.9 Å². The average molecular weight is 229 g/mol. The highest BCUT2D eigenvalue weighted by molar-refractivity contribution is 5.78. The first-order chi connectivity index (χ1) is 8.33. The smallest absolute Gasteiger partial charge is 0.0682 e. The van der Waals surface area contributed by atoms with Crippen LogP contribution in [0.25, 0.3) is 10.9 Å². The van der Waals surface area contributed by atoms with E-state index in [1.165, 1.54) is 36.6 Å². The number of para-hydroxylation sites is 1. The third-order valence-corrected chi connectivity index (χ3v) is 4.13. The largest absolute Gasteiger partial charge is 0.330 e. The first kappa shape index (κ1) is 10.8. The first-order valence-electron chi connectivity index (χ1n) is 6.44. The molecule has 2 aromatic rings. The molecule has 0 radical (unpaired) electrons. The number of hydrogen-bond acceptors (Lipinski definition) is 2. The van der Waals surface area contributed by atoms with Gasteiger partial charge in [-0.3, -0.25) is 4.68 Å². The topological polar surface area (TPSA) is 43.8 Å². The summed E-state index contributed by atoms with van der Waals surface area (Å²) in [6.45, 7) is 1.75. The molecule has 1 fully saturated rings. The Bertz CT molecular complexity index is 509. The van der Waals surface area contributed by atoms with Gasteiger partial charge in [-0.15, -0.1) is 0 Å². The predicted molar refractivity (Wildman–Crippen MR) is 69.7 cm³/mol. The molecule has 0 atom stereocenters. The number of aromatic nitrogens is 2. The van der Waals surface area contributed by atoms with Crippen molar-refractivity contribution in [1.82, 2.24) is 9.78 Å². The number of rotatable bonds is 3. The Morgan fingerprint density at radius 1 is 1.24 bits per heavy atom. The van der Waals surface area contributed by atoms with Crippen LogP contribution in [0.4, 0.5) is 0 Å². The van der Waals surface area contributed by atoms with Crippen molar-refractivity contribution in [2.45, 2.75) is 32.2 Å². The van der Waals surface area contributed by atoms with Crippen LogP contribution < -0.4 is 5.73 Å². The van der Waals surface area contributed by atoms with Gasteiger partial charge in [0.1, 0.15) is 0 Å². The van der Waals surface area contributed by atoms with Crippen molar-refractivity contribution in [1.29, 1.82) is 0 Å². The SMILES string of the molecule is NCC1(Cn2ncc3ccccc32)CCCC1. The minimum absolute atomic E-state index is 0.286. The maximum absolute atomic E-state index is 5.99. The zero-order valence-electron chi connectivity index (χ0n) is 10.1. The van der Waals surface area contributed by atoms with Crippen LogP contribution in [0.3, 0.4) is 0 Å². The standard InChI is InChI=1S/C14H19N3/c15-10-14(7-3-4-8-14)11-17-13-6-2-1-5-12(13)9-16-17/h1-2,5-6,9H,3-4,7-8,10-11,15H2. The van der Waals surface area contributed by atoms with E-state index in [0.717, 1.165) is 13.1 Å². The van der Waals surface area contributed by atoms with Crippen LogP contribution in [0.15, 0.2) is 30.5 Å². The Morgan fingerprint density at radius 3 is 2.76 bits per heavy atom. The van der Waals surface area contributed by atoms with Crippen molar-refractivity contribution in [3.8, 4) is 0 Å². The van der Waals surface area contributed by atoms with E-state index >= 15 is 0 Å². The molecule has 1 aliphatic carbocycles. The predicted octanol–water partition coefficient (Wildman–Crippen LogP) is 2.56. The molecular weight excluding hydrogens is 210 g/mol. The summed E-state index contributed by atoms with van der Waals surface area (Å²) in [5.41, 5.74) is 7.50. The normalized spacial score (nSPS) is 18.9. The molecule has 1 saturated carbocycles. The van der Waals surface area contributed by atoms with Crippen LogP contribution >= 0.6 is 0 Å². The van der Waals surface area contributed by atoms with Crippen molar-refractivity contribution in [2.24, 2.45) is 11.1 Å². The van der Waals surface area contributed by atoms with Crippen molar-refractivity contribution in [3.63, 3.8) is 0 Å². The Labute approximate surface area is 102 Å². The summed E-state index contributed by atoms with van der Waals surface area (Å²) >= 11 is 0. The van der Waals surface area contributed by atoms with Gasteiger partial charge in [-0.05, 0) is 25.5 Å². The number of nitrogens with two attached hydrogens (primary N) is 1. The lowest BCUT2D eigenvalue weighted by atomic mass is 9.86. The second kappa shape index (κ2) is 4.15. The van der Waals surface area contributed by atoms with Crippen molar-refractivity contribution < 1.29 is 0 Å². The summed E-state index contributed by atoms with van der Waals surface area (Å²) in [6.07, 6.45) is 7.08. The molecule has 3 nitrogen and oxygen atoms in total. The molecule has 0 unspecified atom stereocenters. The summed E-state index contributed by atoms with van der Waals surface area (Å²) in [6, 6.07) is 8.39. The van der Waals surface area contributed by atoms with E-state index in [-0.39, 0.29) is 5.41 Å². The van der Waals surface area contributed by atoms with E-state index in [1.54, 1.807) is 0 Å². The summed E-state index contributed by atoms with van der Waals surface area (Å²) in [4.78, 5) is 0. The molecule has 17 heavy (non-hydrogen) atoms. The monoisotopic (exact) mass is 229 g/mol. The number of hydrogen-bond donors (Lipinski definition) is 1. The minimum Gasteiger partial charge on any atom is -0.330 e. The van der Waals surface area contributed by atoms with Gasteiger partial charge in [-0.1, -0.05) is 31.0 Å². The Kier molecular flexibility index (Phi) is 2.63.